The van der Waals surface area contributed by atoms with E-state index in [-0.39, 0.29) is 57.2 Å². The van der Waals surface area contributed by atoms with Crippen LogP contribution in [-0.2, 0) is 24.8 Å². The zero-order valence-electron chi connectivity index (χ0n) is 16.0. The number of hydroxylamine groups is 2. The molecule has 2 aromatic carbocycles. The molecule has 0 unspecified atom stereocenters. The maximum atomic E-state index is 12.7. The first kappa shape index (κ1) is 27.0. The molecule has 13 heteroatoms. The monoisotopic (exact) mass is 584 g/mol. The van der Waals surface area contributed by atoms with Gasteiger partial charge in [-0.15, -0.1) is 0 Å². The normalized spacial score (nSPS) is 12.8. The van der Waals surface area contributed by atoms with E-state index in [0.29, 0.717) is 0 Å². The summed E-state index contributed by atoms with van der Waals surface area (Å²) in [6, 6.07) is 13.1. The van der Waals surface area contributed by atoms with Gasteiger partial charge in [-0.2, -0.15) is 0 Å². The Morgan fingerprint density at radius 3 is 2.03 bits per heavy atom. The molecule has 0 aliphatic carbocycles. The Bertz CT molecular complexity index is 1050. The second-order valence-electron chi connectivity index (χ2n) is 6.12. The molecule has 0 saturated heterocycles. The van der Waals surface area contributed by atoms with Crippen LogP contribution < -0.4 is 10.2 Å². The number of rotatable bonds is 9. The number of hydrogen-bond donors (Lipinski definition) is 4. The van der Waals surface area contributed by atoms with Crippen molar-refractivity contribution >= 4 is 26.0 Å². The minimum absolute atomic E-state index is 0. The summed E-state index contributed by atoms with van der Waals surface area (Å²) < 4.78 is 49.5. The summed E-state index contributed by atoms with van der Waals surface area (Å²) in [7, 11) is -8.11. The third-order valence-corrected chi connectivity index (χ3v) is 6.31. The second kappa shape index (κ2) is 11.6. The Morgan fingerprint density at radius 2 is 1.53 bits per heavy atom. The van der Waals surface area contributed by atoms with Gasteiger partial charge in [0.2, 0.25) is 10.0 Å². The number of hydrogen-bond acceptors (Lipinski definition) is 7. The van der Waals surface area contributed by atoms with Crippen molar-refractivity contribution in [2.45, 2.75) is 17.4 Å². The molecule has 1 radical (unpaired) electrons. The molecule has 0 aliphatic heterocycles. The molecule has 4 N–H and O–H groups in total. The van der Waals surface area contributed by atoms with E-state index in [1.165, 1.54) is 17.6 Å². The van der Waals surface area contributed by atoms with E-state index in [4.69, 9.17) is 5.21 Å². The molecule has 0 spiro atoms. The Morgan fingerprint density at radius 1 is 1.00 bits per heavy atom. The predicted molar refractivity (Wildman–Crippen MR) is 104 cm³/mol. The summed E-state index contributed by atoms with van der Waals surface area (Å²) in [4.78, 5) is 11.5. The van der Waals surface area contributed by atoms with Gasteiger partial charge in [-0.1, -0.05) is 46.9 Å². The molecule has 0 aliphatic rings. The van der Waals surface area contributed by atoms with Gasteiger partial charge in [-0.05, 0) is 29.7 Å². The predicted octanol–water partition coefficient (Wildman–Crippen LogP) is 0.547. The fourth-order valence-electron chi connectivity index (χ4n) is 2.52. The smallest absolute Gasteiger partial charge is 0.265 e. The average Bonchev–Trinajstić information content (AvgIpc) is 2.70. The second-order valence-corrected chi connectivity index (χ2v) is 9.74. The number of nitrogens with one attached hydrogen (secondary N) is 2. The van der Waals surface area contributed by atoms with Gasteiger partial charge in [0, 0.05) is 47.8 Å². The van der Waals surface area contributed by atoms with Gasteiger partial charge >= 0.3 is 0 Å². The zero-order valence-corrected chi connectivity index (χ0v) is 21.3. The van der Waals surface area contributed by atoms with E-state index in [2.05, 4.69) is 4.72 Å². The third-order valence-electron chi connectivity index (χ3n) is 3.97. The molecule has 30 heavy (non-hydrogen) atoms. The van der Waals surface area contributed by atoms with E-state index in [1.54, 1.807) is 12.1 Å². The van der Waals surface area contributed by atoms with E-state index < -0.39 is 38.4 Å². The van der Waals surface area contributed by atoms with Crippen LogP contribution in [0.3, 0.4) is 0 Å². The average molecular weight is 584 g/mol. The Kier molecular flexibility index (Phi) is 10.4. The largest absolute Gasteiger partial charge is 0.298 e. The first-order valence-corrected chi connectivity index (χ1v) is 11.7. The number of sulfonamides is 2. The van der Waals surface area contributed by atoms with Crippen molar-refractivity contribution in [2.24, 2.45) is 0 Å². The van der Waals surface area contributed by atoms with Crippen molar-refractivity contribution in [2.75, 3.05) is 12.8 Å². The van der Waals surface area contributed by atoms with Gasteiger partial charge in [-0.25, -0.2) is 27.0 Å². The van der Waals surface area contributed by atoms with Crippen molar-refractivity contribution in [3.63, 3.8) is 0 Å². The SMILES string of the molecule is CS(=O)(=O)NCC[C@H](C(=O)NO)N(O)S(=O)(=O)c1ccc(-c2ccccc2)cc1.[Pr]. The zero-order chi connectivity index (χ0) is 21.7. The van der Waals surface area contributed by atoms with Gasteiger partial charge < -0.3 is 0 Å². The van der Waals surface area contributed by atoms with Gasteiger partial charge in [-0.3, -0.25) is 15.2 Å². The van der Waals surface area contributed by atoms with Crippen molar-refractivity contribution in [3.8, 4) is 11.1 Å². The van der Waals surface area contributed by atoms with Crippen molar-refractivity contribution in [1.82, 2.24) is 14.7 Å². The number of carbonyl (C=O) groups is 1. The van der Waals surface area contributed by atoms with Crippen LogP contribution in [0.5, 0.6) is 0 Å². The van der Waals surface area contributed by atoms with Crippen LogP contribution in [-0.4, -0.2) is 56.5 Å². The quantitative estimate of drug-likeness (QED) is 0.248. The molecule has 0 bridgehead atoms. The summed E-state index contributed by atoms with van der Waals surface area (Å²) in [5, 5.41) is 19.0. The van der Waals surface area contributed by atoms with Crippen LogP contribution in [0.2, 0.25) is 0 Å². The number of benzene rings is 2. The maximum Gasteiger partial charge on any atom is 0.265 e. The fraction of sp³-hybridized carbons (Fsp3) is 0.235. The summed E-state index contributed by atoms with van der Waals surface area (Å²) >= 11 is 0. The first-order valence-electron chi connectivity index (χ1n) is 8.33. The fourth-order valence-corrected chi connectivity index (χ4v) is 4.24. The molecule has 1 atom stereocenters. The number of carbonyl (C=O) groups excluding carboxylic acids is 1. The van der Waals surface area contributed by atoms with Gasteiger partial charge in [0.25, 0.3) is 15.9 Å². The molecule has 0 aromatic heterocycles. The molecule has 0 heterocycles. The van der Waals surface area contributed by atoms with Crippen molar-refractivity contribution < 1.29 is 73.3 Å². The first-order chi connectivity index (χ1) is 13.6. The molecule has 161 valence electrons. The van der Waals surface area contributed by atoms with Gasteiger partial charge in [0.15, 0.2) is 0 Å². The molecule has 2 aromatic rings. The minimum atomic E-state index is -4.52. The molecule has 2 rings (SSSR count). The molecule has 0 fully saturated rings. The number of nitrogens with zero attached hydrogens (tertiary/aromatic N) is 1. The molecular weight excluding hydrogens is 563 g/mol. The van der Waals surface area contributed by atoms with Crippen molar-refractivity contribution in [3.05, 3.63) is 54.6 Å². The minimum Gasteiger partial charge on any atom is -0.298 e. The number of amides is 1. The van der Waals surface area contributed by atoms with Crippen LogP contribution in [0.4, 0.5) is 0 Å². The summed E-state index contributed by atoms with van der Waals surface area (Å²) in [6.07, 6.45) is 0.465. The van der Waals surface area contributed by atoms with Gasteiger partial charge in [0.05, 0.1) is 11.2 Å². The van der Waals surface area contributed by atoms with E-state index >= 15 is 0 Å². The molecular formula is C17H21N3O7PrS2. The molecule has 1 amide bonds. The van der Waals surface area contributed by atoms with Crippen LogP contribution in [0, 0.1) is 41.3 Å². The maximum absolute atomic E-state index is 12.7. The Hall–Kier alpha value is -0.986. The van der Waals surface area contributed by atoms with E-state index in [0.717, 1.165) is 17.4 Å². The van der Waals surface area contributed by atoms with Crippen LogP contribution in [0.1, 0.15) is 6.42 Å². The Balaban J connectivity index is 0.00000450. The van der Waals surface area contributed by atoms with E-state index in [9.17, 15) is 26.8 Å². The molecule has 10 nitrogen and oxygen atoms in total. The Labute approximate surface area is 208 Å². The summed E-state index contributed by atoms with van der Waals surface area (Å²) in [5.74, 6) is -1.22. The standard InChI is InChI=1S/C17H21N3O7S2.Pr/c1-28(24,25)18-12-11-16(17(21)19-22)20(23)29(26,27)15-9-7-14(8-10-15)13-5-3-2-4-6-13;/h2-10,16,18,22-23H,11-12H2,1H3,(H,19,21);/t16-;/m1./s1. The summed E-state index contributed by atoms with van der Waals surface area (Å²) in [6.45, 7) is -0.337. The van der Waals surface area contributed by atoms with Crippen LogP contribution >= 0.6 is 0 Å². The van der Waals surface area contributed by atoms with Crippen LogP contribution in [0.15, 0.2) is 59.5 Å². The summed E-state index contributed by atoms with van der Waals surface area (Å²) in [5.41, 5.74) is 2.87. The van der Waals surface area contributed by atoms with Gasteiger partial charge in [0.1, 0.15) is 6.04 Å². The molecule has 0 saturated carbocycles. The van der Waals surface area contributed by atoms with E-state index in [1.807, 2.05) is 30.3 Å². The third kappa shape index (κ3) is 7.31. The van der Waals surface area contributed by atoms with Crippen LogP contribution in [0.25, 0.3) is 11.1 Å². The topological polar surface area (TPSA) is 153 Å². The van der Waals surface area contributed by atoms with Crippen molar-refractivity contribution in [1.29, 1.82) is 0 Å².